The van der Waals surface area contributed by atoms with E-state index in [-0.39, 0.29) is 23.9 Å². The first-order valence-corrected chi connectivity index (χ1v) is 14.4. The van der Waals surface area contributed by atoms with Crippen LogP contribution in [0.1, 0.15) is 24.0 Å². The molecule has 39 heavy (non-hydrogen) atoms. The van der Waals surface area contributed by atoms with Crippen molar-refractivity contribution in [3.05, 3.63) is 59.7 Å². The van der Waals surface area contributed by atoms with Crippen LogP contribution >= 0.6 is 0 Å². The number of anilines is 1. The quantitative estimate of drug-likeness (QED) is 0.449. The molecule has 0 spiro atoms. The maximum absolute atomic E-state index is 13.2. The van der Waals surface area contributed by atoms with Crippen LogP contribution in [0, 0.1) is 6.92 Å². The minimum atomic E-state index is -3.91. The number of carboxylic acid groups (broad SMARTS) is 1. The number of carboxylic acids is 1. The third-order valence-corrected chi connectivity index (χ3v) is 9.11. The number of likely N-dealkylation sites (N-methyl/N-ethyl adjacent to an activating group) is 1. The van der Waals surface area contributed by atoms with Gasteiger partial charge in [0.2, 0.25) is 15.9 Å². The van der Waals surface area contributed by atoms with Crippen LogP contribution in [0.5, 0.6) is 0 Å². The second-order valence-corrected chi connectivity index (χ2v) is 12.0. The van der Waals surface area contributed by atoms with Crippen molar-refractivity contribution < 1.29 is 27.9 Å². The van der Waals surface area contributed by atoms with Crippen LogP contribution in [0.4, 0.5) is 10.5 Å². The van der Waals surface area contributed by atoms with Crippen LogP contribution in [0.3, 0.4) is 0 Å². The molecule has 0 aromatic heterocycles. The summed E-state index contributed by atoms with van der Waals surface area (Å²) in [6.07, 6.45) is 0.818. The molecule has 2 atom stereocenters. The van der Waals surface area contributed by atoms with Gasteiger partial charge in [0, 0.05) is 44.8 Å². The number of carbonyl (C=O) groups is 3. The molecule has 2 aromatic rings. The van der Waals surface area contributed by atoms with Crippen LogP contribution in [-0.4, -0.2) is 97.4 Å². The molecule has 2 aliphatic heterocycles. The number of aryl methyl sites for hydroxylation is 1. The number of rotatable bonds is 8. The summed E-state index contributed by atoms with van der Waals surface area (Å²) in [5.41, 5.74) is 2.15. The number of aliphatic carboxylic acids is 1. The maximum Gasteiger partial charge on any atom is 0.326 e. The Hall–Kier alpha value is -3.48. The SMILES string of the molecule is Cc1ccc(S(=O)(=O)N2CCC[C@H]2C(=O)N[C@@H](Cc2ccc(NC(=O)N3CCN(C)CC3)cc2)C(=O)O)cc1. The lowest BCUT2D eigenvalue weighted by molar-refractivity contribution is -0.142. The van der Waals surface area contributed by atoms with Crippen molar-refractivity contribution in [2.45, 2.75) is 43.2 Å². The van der Waals surface area contributed by atoms with Gasteiger partial charge < -0.3 is 25.5 Å². The lowest BCUT2D eigenvalue weighted by Gasteiger charge is -2.32. The van der Waals surface area contributed by atoms with E-state index in [0.29, 0.717) is 37.2 Å². The molecule has 2 fully saturated rings. The molecule has 0 radical (unpaired) electrons. The molecule has 0 saturated carbocycles. The Bertz CT molecular complexity index is 1290. The number of urea groups is 1. The molecule has 3 amide bonds. The highest BCUT2D eigenvalue weighted by Gasteiger charge is 2.40. The summed E-state index contributed by atoms with van der Waals surface area (Å²) in [5.74, 6) is -1.85. The number of piperazine rings is 1. The zero-order valence-electron chi connectivity index (χ0n) is 22.2. The Morgan fingerprint density at radius 2 is 1.62 bits per heavy atom. The van der Waals surface area contributed by atoms with E-state index >= 15 is 0 Å². The number of hydrogen-bond donors (Lipinski definition) is 3. The number of sulfonamides is 1. The van der Waals surface area contributed by atoms with E-state index in [4.69, 9.17) is 0 Å². The fourth-order valence-electron chi connectivity index (χ4n) is 4.78. The molecule has 3 N–H and O–H groups in total. The monoisotopic (exact) mass is 557 g/mol. The van der Waals surface area contributed by atoms with Gasteiger partial charge in [-0.25, -0.2) is 18.0 Å². The molecule has 0 unspecified atom stereocenters. The Balaban J connectivity index is 1.37. The Labute approximate surface area is 228 Å². The van der Waals surface area contributed by atoms with Crippen molar-refractivity contribution in [2.75, 3.05) is 45.1 Å². The zero-order chi connectivity index (χ0) is 28.2. The van der Waals surface area contributed by atoms with Gasteiger partial charge in [0.05, 0.1) is 4.90 Å². The smallest absolute Gasteiger partial charge is 0.326 e. The van der Waals surface area contributed by atoms with Gasteiger partial charge >= 0.3 is 12.0 Å². The average Bonchev–Trinajstić information content (AvgIpc) is 3.41. The van der Waals surface area contributed by atoms with Gasteiger partial charge in [-0.15, -0.1) is 0 Å². The third kappa shape index (κ3) is 6.94. The predicted molar refractivity (Wildman–Crippen MR) is 146 cm³/mol. The van der Waals surface area contributed by atoms with E-state index in [2.05, 4.69) is 15.5 Å². The molecule has 2 aliphatic rings. The van der Waals surface area contributed by atoms with Crippen molar-refractivity contribution in [3.63, 3.8) is 0 Å². The molecular formula is C27H35N5O6S. The first-order valence-electron chi connectivity index (χ1n) is 13.0. The summed E-state index contributed by atoms with van der Waals surface area (Å²) < 4.78 is 27.5. The van der Waals surface area contributed by atoms with Gasteiger partial charge in [-0.1, -0.05) is 29.8 Å². The molecule has 2 saturated heterocycles. The van der Waals surface area contributed by atoms with Crippen molar-refractivity contribution in [1.29, 1.82) is 0 Å². The van der Waals surface area contributed by atoms with Crippen molar-refractivity contribution >= 4 is 33.6 Å². The Morgan fingerprint density at radius 1 is 0.974 bits per heavy atom. The van der Waals surface area contributed by atoms with Crippen molar-refractivity contribution in [3.8, 4) is 0 Å². The third-order valence-electron chi connectivity index (χ3n) is 7.18. The summed E-state index contributed by atoms with van der Waals surface area (Å²) in [5, 5.41) is 15.2. The second-order valence-electron chi connectivity index (χ2n) is 10.1. The van der Waals surface area contributed by atoms with Crippen LogP contribution in [0.25, 0.3) is 0 Å². The summed E-state index contributed by atoms with van der Waals surface area (Å²) in [6, 6.07) is 10.8. The van der Waals surface area contributed by atoms with Crippen LogP contribution < -0.4 is 10.6 Å². The van der Waals surface area contributed by atoms with Crippen LogP contribution in [0.15, 0.2) is 53.4 Å². The van der Waals surface area contributed by atoms with Crippen LogP contribution in [0.2, 0.25) is 0 Å². The number of hydrogen-bond acceptors (Lipinski definition) is 6. The first-order chi connectivity index (χ1) is 18.5. The Kier molecular flexibility index (Phi) is 8.88. The standard InChI is InChI=1S/C27H35N5O6S/c1-19-5-11-22(12-6-19)39(37,38)32-13-3-4-24(32)25(33)29-23(26(34)35)18-20-7-9-21(10-8-20)28-27(36)31-16-14-30(2)15-17-31/h5-12,23-24H,3-4,13-18H2,1-2H3,(H,28,36)(H,29,33)(H,34,35)/t23-,24-/m0/s1. The zero-order valence-corrected chi connectivity index (χ0v) is 23.0. The van der Waals surface area contributed by atoms with Gasteiger partial charge in [-0.2, -0.15) is 4.31 Å². The molecule has 0 aliphatic carbocycles. The van der Waals surface area contributed by atoms with E-state index in [1.54, 1.807) is 41.3 Å². The normalized spacial score (nSPS) is 19.4. The molecule has 2 heterocycles. The predicted octanol–water partition coefficient (Wildman–Crippen LogP) is 1.74. The highest BCUT2D eigenvalue weighted by Crippen LogP contribution is 2.26. The maximum atomic E-state index is 13.2. The van der Waals surface area contributed by atoms with Gasteiger partial charge in [0.1, 0.15) is 12.1 Å². The Morgan fingerprint density at radius 3 is 2.23 bits per heavy atom. The van der Waals surface area contributed by atoms with Crippen molar-refractivity contribution in [2.24, 2.45) is 0 Å². The number of nitrogens with zero attached hydrogens (tertiary/aromatic N) is 3. The summed E-state index contributed by atoms with van der Waals surface area (Å²) in [7, 11) is -1.89. The number of benzene rings is 2. The first kappa shape index (κ1) is 28.5. The molecular weight excluding hydrogens is 522 g/mol. The van der Waals surface area contributed by atoms with E-state index < -0.39 is 34.0 Å². The van der Waals surface area contributed by atoms with E-state index in [1.165, 1.54) is 12.1 Å². The number of nitrogens with one attached hydrogen (secondary N) is 2. The highest BCUT2D eigenvalue weighted by atomic mass is 32.2. The topological polar surface area (TPSA) is 139 Å². The van der Waals surface area contributed by atoms with Crippen molar-refractivity contribution in [1.82, 2.24) is 19.4 Å². The fraction of sp³-hybridized carbons (Fsp3) is 0.444. The summed E-state index contributed by atoms with van der Waals surface area (Å²) in [4.78, 5) is 41.6. The summed E-state index contributed by atoms with van der Waals surface area (Å²) >= 11 is 0. The van der Waals surface area contributed by atoms with E-state index in [0.717, 1.165) is 23.0 Å². The molecule has 210 valence electrons. The number of amides is 3. The van der Waals surface area contributed by atoms with Gasteiger partial charge in [0.25, 0.3) is 0 Å². The lowest BCUT2D eigenvalue weighted by atomic mass is 10.0. The van der Waals surface area contributed by atoms with Crippen LogP contribution in [-0.2, 0) is 26.0 Å². The molecule has 12 heteroatoms. The minimum Gasteiger partial charge on any atom is -0.480 e. The average molecular weight is 558 g/mol. The number of carbonyl (C=O) groups excluding carboxylic acids is 2. The molecule has 11 nitrogen and oxygen atoms in total. The second kappa shape index (κ2) is 12.1. The highest BCUT2D eigenvalue weighted by molar-refractivity contribution is 7.89. The van der Waals surface area contributed by atoms with Gasteiger partial charge in [-0.05, 0) is 56.6 Å². The van der Waals surface area contributed by atoms with Gasteiger partial charge in [-0.3, -0.25) is 4.79 Å². The molecule has 2 aromatic carbocycles. The van der Waals surface area contributed by atoms with Gasteiger partial charge in [0.15, 0.2) is 0 Å². The molecule has 4 rings (SSSR count). The van der Waals surface area contributed by atoms with E-state index in [1.807, 2.05) is 14.0 Å². The summed E-state index contributed by atoms with van der Waals surface area (Å²) in [6.45, 7) is 4.95. The molecule has 0 bridgehead atoms. The fourth-order valence-corrected chi connectivity index (χ4v) is 6.43. The lowest BCUT2D eigenvalue weighted by Crippen LogP contribution is -2.51. The van der Waals surface area contributed by atoms with E-state index in [9.17, 15) is 27.9 Å². The minimum absolute atomic E-state index is 0.00515. The largest absolute Gasteiger partial charge is 0.480 e.